The van der Waals surface area contributed by atoms with Gasteiger partial charge in [-0.2, -0.15) is 0 Å². The molecule has 0 bridgehead atoms. The molecule has 1 nitrogen and oxygen atoms in total. The third-order valence-electron chi connectivity index (χ3n) is 2.55. The summed E-state index contributed by atoms with van der Waals surface area (Å²) in [7, 11) is 0. The van der Waals surface area contributed by atoms with Crippen LogP contribution in [0.3, 0.4) is 0 Å². The van der Waals surface area contributed by atoms with E-state index >= 15 is 0 Å². The zero-order valence-electron chi connectivity index (χ0n) is 8.22. The Hall–Kier alpha value is -1.08. The van der Waals surface area contributed by atoms with E-state index in [-0.39, 0.29) is 0 Å². The zero-order chi connectivity index (χ0) is 9.26. The highest BCUT2D eigenvalue weighted by Crippen LogP contribution is 2.21. The van der Waals surface area contributed by atoms with E-state index < -0.39 is 0 Å². The predicted molar refractivity (Wildman–Crippen MR) is 56.8 cm³/mol. The Kier molecular flexibility index (Phi) is 2.19. The lowest BCUT2D eigenvalue weighted by molar-refractivity contribution is 0.897. The molecule has 0 saturated carbocycles. The first-order valence-electron chi connectivity index (χ1n) is 4.75. The molecule has 0 atom stereocenters. The van der Waals surface area contributed by atoms with Crippen molar-refractivity contribution in [2.75, 3.05) is 13.1 Å². The van der Waals surface area contributed by atoms with Gasteiger partial charge in [-0.3, -0.25) is 0 Å². The predicted octanol–water partition coefficient (Wildman–Crippen LogP) is 2.29. The molecule has 1 aliphatic rings. The molecule has 1 aliphatic heterocycles. The summed E-state index contributed by atoms with van der Waals surface area (Å²) in [6, 6.07) is 6.64. The minimum absolute atomic E-state index is 1.02. The number of benzene rings is 1. The van der Waals surface area contributed by atoms with Crippen molar-refractivity contribution >= 4 is 5.57 Å². The maximum Gasteiger partial charge on any atom is 0.0211 e. The largest absolute Gasteiger partial charge is 0.309 e. The molecule has 13 heavy (non-hydrogen) atoms. The van der Waals surface area contributed by atoms with Crippen molar-refractivity contribution in [2.45, 2.75) is 13.8 Å². The lowest BCUT2D eigenvalue weighted by Crippen LogP contribution is -2.07. The first-order chi connectivity index (χ1) is 6.27. The van der Waals surface area contributed by atoms with Gasteiger partial charge in [0.05, 0.1) is 0 Å². The molecular formula is C12H15N. The molecule has 0 spiro atoms. The second kappa shape index (κ2) is 3.35. The maximum absolute atomic E-state index is 3.32. The molecule has 1 aromatic rings. The molecule has 0 aliphatic carbocycles. The van der Waals surface area contributed by atoms with Crippen molar-refractivity contribution in [1.82, 2.24) is 5.32 Å². The van der Waals surface area contributed by atoms with Gasteiger partial charge in [-0.05, 0) is 30.5 Å². The highest BCUT2D eigenvalue weighted by molar-refractivity contribution is 5.71. The van der Waals surface area contributed by atoms with Gasteiger partial charge in [0.1, 0.15) is 0 Å². The monoisotopic (exact) mass is 173 g/mol. The van der Waals surface area contributed by atoms with E-state index in [1.54, 1.807) is 0 Å². The van der Waals surface area contributed by atoms with Crippen molar-refractivity contribution in [2.24, 2.45) is 0 Å². The Labute approximate surface area is 79.5 Å². The summed E-state index contributed by atoms with van der Waals surface area (Å²) in [5, 5.41) is 3.32. The first-order valence-corrected chi connectivity index (χ1v) is 4.75. The Morgan fingerprint density at radius 2 is 2.08 bits per heavy atom. The SMILES string of the molecule is Cc1ccc(C)c(C2=CCNC2)c1. The lowest BCUT2D eigenvalue weighted by atomic mass is 9.99. The van der Waals surface area contributed by atoms with Crippen LogP contribution in [-0.4, -0.2) is 13.1 Å². The second-order valence-corrected chi connectivity index (χ2v) is 3.68. The van der Waals surface area contributed by atoms with Crippen molar-refractivity contribution in [3.63, 3.8) is 0 Å². The molecule has 1 heterocycles. The fraction of sp³-hybridized carbons (Fsp3) is 0.333. The first kappa shape index (κ1) is 8.52. The highest BCUT2D eigenvalue weighted by atomic mass is 14.9. The summed E-state index contributed by atoms with van der Waals surface area (Å²) >= 11 is 0. The van der Waals surface area contributed by atoms with E-state index in [0.717, 1.165) is 13.1 Å². The number of hydrogen-bond acceptors (Lipinski definition) is 1. The molecular weight excluding hydrogens is 158 g/mol. The van der Waals surface area contributed by atoms with E-state index in [2.05, 4.69) is 43.4 Å². The van der Waals surface area contributed by atoms with Crippen LogP contribution in [-0.2, 0) is 0 Å². The van der Waals surface area contributed by atoms with Crippen molar-refractivity contribution in [1.29, 1.82) is 0 Å². The van der Waals surface area contributed by atoms with E-state index in [9.17, 15) is 0 Å². The van der Waals surface area contributed by atoms with Gasteiger partial charge >= 0.3 is 0 Å². The van der Waals surface area contributed by atoms with Crippen LogP contribution in [0.2, 0.25) is 0 Å². The van der Waals surface area contributed by atoms with Gasteiger partial charge in [0.15, 0.2) is 0 Å². The maximum atomic E-state index is 3.32. The van der Waals surface area contributed by atoms with E-state index in [0.29, 0.717) is 0 Å². The molecule has 1 N–H and O–H groups in total. The van der Waals surface area contributed by atoms with E-state index in [1.807, 2.05) is 0 Å². The van der Waals surface area contributed by atoms with Gasteiger partial charge in [-0.1, -0.05) is 29.8 Å². The molecule has 1 heteroatoms. The fourth-order valence-corrected chi connectivity index (χ4v) is 1.76. The summed E-state index contributed by atoms with van der Waals surface area (Å²) in [6.45, 7) is 6.35. The molecule has 0 amide bonds. The number of rotatable bonds is 1. The van der Waals surface area contributed by atoms with Gasteiger partial charge < -0.3 is 5.32 Å². The van der Waals surface area contributed by atoms with Crippen LogP contribution in [0.1, 0.15) is 16.7 Å². The highest BCUT2D eigenvalue weighted by Gasteiger charge is 2.08. The molecule has 0 aromatic heterocycles. The Morgan fingerprint density at radius 3 is 2.77 bits per heavy atom. The number of hydrogen-bond donors (Lipinski definition) is 1. The smallest absolute Gasteiger partial charge is 0.0211 e. The van der Waals surface area contributed by atoms with Gasteiger partial charge in [-0.15, -0.1) is 0 Å². The second-order valence-electron chi connectivity index (χ2n) is 3.68. The summed E-state index contributed by atoms with van der Waals surface area (Å²) in [6.07, 6.45) is 2.28. The summed E-state index contributed by atoms with van der Waals surface area (Å²) in [5.41, 5.74) is 5.57. The van der Waals surface area contributed by atoms with Crippen LogP contribution in [0.15, 0.2) is 24.3 Å². The molecule has 0 saturated heterocycles. The average Bonchev–Trinajstić information content (AvgIpc) is 2.61. The third kappa shape index (κ3) is 1.65. The quantitative estimate of drug-likeness (QED) is 0.687. The fourth-order valence-electron chi connectivity index (χ4n) is 1.76. The van der Waals surface area contributed by atoms with Gasteiger partial charge in [0, 0.05) is 13.1 Å². The molecule has 1 aromatic carbocycles. The normalized spacial score (nSPS) is 16.0. The van der Waals surface area contributed by atoms with Gasteiger partial charge in [-0.25, -0.2) is 0 Å². The molecule has 0 unspecified atom stereocenters. The molecule has 0 fully saturated rings. The van der Waals surface area contributed by atoms with Gasteiger partial charge in [0.25, 0.3) is 0 Å². The zero-order valence-corrected chi connectivity index (χ0v) is 8.22. The average molecular weight is 173 g/mol. The minimum Gasteiger partial charge on any atom is -0.309 e. The number of aryl methyl sites for hydroxylation is 2. The van der Waals surface area contributed by atoms with Crippen LogP contribution in [0, 0.1) is 13.8 Å². The molecule has 0 radical (unpaired) electrons. The van der Waals surface area contributed by atoms with E-state index in [4.69, 9.17) is 0 Å². The van der Waals surface area contributed by atoms with Crippen molar-refractivity contribution in [3.05, 3.63) is 41.0 Å². The van der Waals surface area contributed by atoms with Crippen LogP contribution in [0.4, 0.5) is 0 Å². The Balaban J connectivity index is 2.43. The van der Waals surface area contributed by atoms with Crippen LogP contribution >= 0.6 is 0 Å². The van der Waals surface area contributed by atoms with Crippen LogP contribution in [0.25, 0.3) is 5.57 Å². The van der Waals surface area contributed by atoms with Gasteiger partial charge in [0.2, 0.25) is 0 Å². The summed E-state index contributed by atoms with van der Waals surface area (Å²) < 4.78 is 0. The standard InChI is InChI=1S/C12H15N/c1-9-3-4-10(2)12(7-9)11-5-6-13-8-11/h3-5,7,13H,6,8H2,1-2H3. The summed E-state index contributed by atoms with van der Waals surface area (Å²) in [4.78, 5) is 0. The van der Waals surface area contributed by atoms with Crippen molar-refractivity contribution < 1.29 is 0 Å². The molecule has 2 rings (SSSR count). The summed E-state index contributed by atoms with van der Waals surface area (Å²) in [5.74, 6) is 0. The van der Waals surface area contributed by atoms with Crippen LogP contribution < -0.4 is 5.32 Å². The third-order valence-corrected chi connectivity index (χ3v) is 2.55. The van der Waals surface area contributed by atoms with Crippen molar-refractivity contribution in [3.8, 4) is 0 Å². The Bertz CT molecular complexity index is 350. The topological polar surface area (TPSA) is 12.0 Å². The number of nitrogens with one attached hydrogen (secondary N) is 1. The minimum atomic E-state index is 1.02. The van der Waals surface area contributed by atoms with Crippen LogP contribution in [0.5, 0.6) is 0 Å². The van der Waals surface area contributed by atoms with E-state index in [1.165, 1.54) is 22.3 Å². The lowest BCUT2D eigenvalue weighted by Gasteiger charge is -2.07. The molecule has 68 valence electrons. The Morgan fingerprint density at radius 1 is 1.23 bits per heavy atom.